The summed E-state index contributed by atoms with van der Waals surface area (Å²) in [6.07, 6.45) is 4.45. The van der Waals surface area contributed by atoms with Crippen LogP contribution in [0.25, 0.3) is 0 Å². The highest BCUT2D eigenvalue weighted by Gasteiger charge is 2.18. The standard InChI is InChI=1S/C19H23NO2.C12H15BrO2.2CH4/c1-21-19-8-7-17(16-9-11-22-12-10-16)13-18(19)20-14-15-5-3-2-4-6-15;1-14-12-3-2-10(8-11(12)13)9-4-6-15-7-5-9;;/h2-8,13,16,20H,9-12,14H2,1H3;2-3,8-9H,4-7H2,1H3;2*1H4. The zero-order valence-electron chi connectivity index (χ0n) is 21.9. The van der Waals surface area contributed by atoms with Crippen LogP contribution in [0.1, 0.15) is 69.1 Å². The molecule has 6 heteroatoms. The van der Waals surface area contributed by atoms with Crippen LogP contribution in [0.3, 0.4) is 0 Å². The van der Waals surface area contributed by atoms with Crippen LogP contribution in [0.5, 0.6) is 11.5 Å². The summed E-state index contributed by atoms with van der Waals surface area (Å²) >= 11 is 3.52. The molecule has 2 aliphatic heterocycles. The minimum atomic E-state index is 0. The van der Waals surface area contributed by atoms with Crippen molar-refractivity contribution in [3.63, 3.8) is 0 Å². The van der Waals surface area contributed by atoms with Crippen molar-refractivity contribution < 1.29 is 18.9 Å². The number of halogens is 1. The first-order valence-corrected chi connectivity index (χ1v) is 13.9. The van der Waals surface area contributed by atoms with Crippen molar-refractivity contribution in [1.82, 2.24) is 0 Å². The molecule has 0 spiro atoms. The van der Waals surface area contributed by atoms with Gasteiger partial charge in [-0.3, -0.25) is 0 Å². The smallest absolute Gasteiger partial charge is 0.141 e. The van der Waals surface area contributed by atoms with E-state index in [1.165, 1.54) is 16.7 Å². The van der Waals surface area contributed by atoms with Crippen LogP contribution in [0.4, 0.5) is 5.69 Å². The van der Waals surface area contributed by atoms with Gasteiger partial charge in [0, 0.05) is 33.0 Å². The normalized spacial score (nSPS) is 15.6. The second-order valence-electron chi connectivity index (χ2n) is 9.47. The average Bonchev–Trinajstić information content (AvgIpc) is 2.97. The third-order valence-electron chi connectivity index (χ3n) is 7.11. The second-order valence-corrected chi connectivity index (χ2v) is 10.3. The highest BCUT2D eigenvalue weighted by Crippen LogP contribution is 2.34. The quantitative estimate of drug-likeness (QED) is 0.294. The molecule has 5 nitrogen and oxygen atoms in total. The van der Waals surface area contributed by atoms with Gasteiger partial charge in [-0.15, -0.1) is 0 Å². The second kappa shape index (κ2) is 17.2. The molecule has 0 amide bonds. The first kappa shape index (κ1) is 32.7. The van der Waals surface area contributed by atoms with Crippen molar-refractivity contribution in [2.45, 2.75) is 58.9 Å². The summed E-state index contributed by atoms with van der Waals surface area (Å²) in [5, 5.41) is 3.50. The number of hydrogen-bond acceptors (Lipinski definition) is 5. The fourth-order valence-corrected chi connectivity index (χ4v) is 5.47. The van der Waals surface area contributed by atoms with Gasteiger partial charge in [0.05, 0.1) is 24.4 Å². The van der Waals surface area contributed by atoms with Crippen LogP contribution >= 0.6 is 15.9 Å². The summed E-state index contributed by atoms with van der Waals surface area (Å²) in [7, 11) is 3.41. The molecule has 0 aliphatic carbocycles. The van der Waals surface area contributed by atoms with Crippen LogP contribution in [0.2, 0.25) is 0 Å². The Morgan fingerprint density at radius 1 is 0.718 bits per heavy atom. The van der Waals surface area contributed by atoms with E-state index in [1.54, 1.807) is 14.2 Å². The molecule has 0 saturated carbocycles. The Morgan fingerprint density at radius 3 is 1.74 bits per heavy atom. The largest absolute Gasteiger partial charge is 0.496 e. The lowest BCUT2D eigenvalue weighted by atomic mass is 9.91. The molecule has 0 atom stereocenters. The maximum absolute atomic E-state index is 5.49. The zero-order valence-corrected chi connectivity index (χ0v) is 23.5. The molecule has 0 bridgehead atoms. The maximum atomic E-state index is 5.49. The highest BCUT2D eigenvalue weighted by atomic mass is 79.9. The van der Waals surface area contributed by atoms with Gasteiger partial charge in [0.25, 0.3) is 0 Å². The van der Waals surface area contributed by atoms with E-state index in [0.29, 0.717) is 11.8 Å². The summed E-state index contributed by atoms with van der Waals surface area (Å²) in [5.74, 6) is 3.02. The van der Waals surface area contributed by atoms with Gasteiger partial charge < -0.3 is 24.3 Å². The van der Waals surface area contributed by atoms with E-state index >= 15 is 0 Å². The van der Waals surface area contributed by atoms with Gasteiger partial charge in [-0.2, -0.15) is 0 Å². The Bertz CT molecular complexity index is 1100. The van der Waals surface area contributed by atoms with Crippen LogP contribution in [-0.2, 0) is 16.0 Å². The minimum absolute atomic E-state index is 0. The van der Waals surface area contributed by atoms with Gasteiger partial charge in [-0.1, -0.05) is 57.3 Å². The monoisotopic (exact) mass is 599 g/mol. The SMILES string of the molecule is C.C.COc1ccc(C2CCOCC2)cc1Br.COc1ccc(C2CCOCC2)cc1NCc1ccccc1. The van der Waals surface area contributed by atoms with Gasteiger partial charge in [-0.05, 0) is 94.4 Å². The highest BCUT2D eigenvalue weighted by molar-refractivity contribution is 9.10. The number of nitrogens with one attached hydrogen (secondary N) is 1. The molecule has 214 valence electrons. The fraction of sp³-hybridized carbons (Fsp3) is 0.455. The fourth-order valence-electron chi connectivity index (χ4n) is 4.91. The Kier molecular flexibility index (Phi) is 14.4. The van der Waals surface area contributed by atoms with Crippen molar-refractivity contribution in [2.75, 3.05) is 46.0 Å². The lowest BCUT2D eigenvalue weighted by molar-refractivity contribution is 0.0852. The summed E-state index contributed by atoms with van der Waals surface area (Å²) in [5.41, 5.74) is 5.09. The molecule has 1 N–H and O–H groups in total. The van der Waals surface area contributed by atoms with Gasteiger partial charge >= 0.3 is 0 Å². The molecule has 0 unspecified atom stereocenters. The number of benzene rings is 3. The van der Waals surface area contributed by atoms with Crippen LogP contribution < -0.4 is 14.8 Å². The summed E-state index contributed by atoms with van der Waals surface area (Å²) < 4.78 is 22.6. The Labute approximate surface area is 244 Å². The molecule has 2 heterocycles. The van der Waals surface area contributed by atoms with E-state index < -0.39 is 0 Å². The molecule has 2 aliphatic rings. The molecule has 2 fully saturated rings. The molecule has 0 radical (unpaired) electrons. The van der Waals surface area contributed by atoms with E-state index in [1.807, 2.05) is 12.1 Å². The lowest BCUT2D eigenvalue weighted by Gasteiger charge is -2.23. The number of methoxy groups -OCH3 is 2. The number of hydrogen-bond donors (Lipinski definition) is 1. The first-order chi connectivity index (χ1) is 18.2. The van der Waals surface area contributed by atoms with Gasteiger partial charge in [0.1, 0.15) is 11.5 Å². The van der Waals surface area contributed by atoms with Gasteiger partial charge in [0.15, 0.2) is 0 Å². The van der Waals surface area contributed by atoms with Crippen molar-refractivity contribution in [3.8, 4) is 11.5 Å². The third kappa shape index (κ3) is 9.55. The van der Waals surface area contributed by atoms with E-state index in [9.17, 15) is 0 Å². The molecule has 3 aromatic rings. The predicted octanol–water partition coefficient (Wildman–Crippen LogP) is 8.83. The summed E-state index contributed by atoms with van der Waals surface area (Å²) in [4.78, 5) is 0. The Hall–Kier alpha value is -2.54. The van der Waals surface area contributed by atoms with E-state index in [-0.39, 0.29) is 14.9 Å². The first-order valence-electron chi connectivity index (χ1n) is 13.1. The molecule has 0 aromatic heterocycles. The van der Waals surface area contributed by atoms with E-state index in [4.69, 9.17) is 18.9 Å². The van der Waals surface area contributed by atoms with Crippen LogP contribution in [0.15, 0.2) is 71.2 Å². The predicted molar refractivity (Wildman–Crippen MR) is 167 cm³/mol. The van der Waals surface area contributed by atoms with Crippen LogP contribution in [0, 0.1) is 0 Å². The maximum Gasteiger partial charge on any atom is 0.141 e. The van der Waals surface area contributed by atoms with Gasteiger partial charge in [0.2, 0.25) is 0 Å². The molecule has 39 heavy (non-hydrogen) atoms. The number of ether oxygens (including phenoxy) is 4. The number of rotatable bonds is 7. The van der Waals surface area contributed by atoms with Crippen molar-refractivity contribution in [1.29, 1.82) is 0 Å². The summed E-state index contributed by atoms with van der Waals surface area (Å²) in [6.45, 7) is 4.30. The van der Waals surface area contributed by atoms with Crippen molar-refractivity contribution >= 4 is 21.6 Å². The summed E-state index contributed by atoms with van der Waals surface area (Å²) in [6, 6.07) is 23.2. The Balaban J connectivity index is 0.000000277. The molecule has 2 saturated heterocycles. The van der Waals surface area contributed by atoms with Gasteiger partial charge in [-0.25, -0.2) is 0 Å². The van der Waals surface area contributed by atoms with Crippen molar-refractivity contribution in [2.24, 2.45) is 0 Å². The average molecular weight is 601 g/mol. The Morgan fingerprint density at radius 2 is 1.23 bits per heavy atom. The van der Waals surface area contributed by atoms with E-state index in [2.05, 4.69) is 75.8 Å². The molecular formula is C33H46BrNO4. The minimum Gasteiger partial charge on any atom is -0.496 e. The van der Waals surface area contributed by atoms with E-state index in [0.717, 1.165) is 80.3 Å². The van der Waals surface area contributed by atoms with Crippen molar-refractivity contribution in [3.05, 3.63) is 87.9 Å². The molecular weight excluding hydrogens is 554 g/mol. The van der Waals surface area contributed by atoms with Crippen LogP contribution in [-0.4, -0.2) is 40.6 Å². The molecule has 5 rings (SSSR count). The zero-order chi connectivity index (χ0) is 25.9. The topological polar surface area (TPSA) is 49.0 Å². The number of anilines is 1. The molecule has 3 aromatic carbocycles. The lowest BCUT2D eigenvalue weighted by Crippen LogP contribution is -2.14. The third-order valence-corrected chi connectivity index (χ3v) is 7.73.